The first-order chi connectivity index (χ1) is 15.1. The highest BCUT2D eigenvalue weighted by molar-refractivity contribution is 5.94. The van der Waals surface area contributed by atoms with Crippen molar-refractivity contribution >= 4 is 17.5 Å². The number of ether oxygens (including phenoxy) is 1. The highest BCUT2D eigenvalue weighted by Gasteiger charge is 2.32. The Morgan fingerprint density at radius 3 is 2.06 bits per heavy atom. The van der Waals surface area contributed by atoms with Gasteiger partial charge in [0.2, 0.25) is 11.8 Å². The number of amides is 2. The summed E-state index contributed by atoms with van der Waals surface area (Å²) in [5.74, 6) is -1.06. The molecule has 1 heterocycles. The molecule has 2 unspecified atom stereocenters. The topological polar surface area (TPSA) is 87.9 Å². The van der Waals surface area contributed by atoms with Crippen LogP contribution in [0.1, 0.15) is 18.5 Å². The first-order valence-corrected chi connectivity index (χ1v) is 10.1. The summed E-state index contributed by atoms with van der Waals surface area (Å²) in [4.78, 5) is 28.7. The van der Waals surface area contributed by atoms with Crippen LogP contribution >= 0.6 is 0 Å². The van der Waals surface area contributed by atoms with Crippen LogP contribution in [0.25, 0.3) is 0 Å². The second-order valence-corrected chi connectivity index (χ2v) is 7.52. The predicted molar refractivity (Wildman–Crippen MR) is 113 cm³/mol. The first kappa shape index (κ1) is 23.6. The molecule has 2 amide bonds. The third kappa shape index (κ3) is 6.21. The molecule has 0 spiro atoms. The number of piperazine rings is 1. The summed E-state index contributed by atoms with van der Waals surface area (Å²) in [5, 5.41) is 2.70. The molecule has 1 saturated heterocycles. The quantitative estimate of drug-likeness (QED) is 0.678. The van der Waals surface area contributed by atoms with Crippen LogP contribution in [0, 0.1) is 0 Å². The van der Waals surface area contributed by atoms with Crippen molar-refractivity contribution in [2.24, 2.45) is 5.73 Å². The van der Waals surface area contributed by atoms with Crippen molar-refractivity contribution in [3.63, 3.8) is 0 Å². The van der Waals surface area contributed by atoms with Gasteiger partial charge in [-0.15, -0.1) is 13.2 Å². The number of carbonyl (C=O) groups excluding carboxylic acids is 2. The maximum Gasteiger partial charge on any atom is 0.573 e. The molecule has 10 heteroatoms. The molecule has 0 aliphatic carbocycles. The first-order valence-electron chi connectivity index (χ1n) is 10.1. The van der Waals surface area contributed by atoms with Gasteiger partial charge in [0.05, 0.1) is 6.04 Å². The Morgan fingerprint density at radius 2 is 1.53 bits per heavy atom. The van der Waals surface area contributed by atoms with E-state index in [1.54, 1.807) is 6.92 Å². The largest absolute Gasteiger partial charge is 0.573 e. The average Bonchev–Trinajstić information content (AvgIpc) is 2.75. The summed E-state index contributed by atoms with van der Waals surface area (Å²) < 4.78 is 40.6. The van der Waals surface area contributed by atoms with Crippen LogP contribution in [0.2, 0.25) is 0 Å². The maximum absolute atomic E-state index is 12.6. The molecule has 1 aliphatic heterocycles. The molecule has 2 aromatic carbocycles. The van der Waals surface area contributed by atoms with E-state index in [0.717, 1.165) is 17.7 Å². The Balaban J connectivity index is 1.55. The maximum atomic E-state index is 12.6. The van der Waals surface area contributed by atoms with Crippen LogP contribution in [-0.4, -0.2) is 60.2 Å². The van der Waals surface area contributed by atoms with Crippen molar-refractivity contribution in [2.45, 2.75) is 25.4 Å². The van der Waals surface area contributed by atoms with Crippen LogP contribution in [0.3, 0.4) is 0 Å². The van der Waals surface area contributed by atoms with Gasteiger partial charge in [0, 0.05) is 31.9 Å². The van der Waals surface area contributed by atoms with Crippen molar-refractivity contribution in [2.75, 3.05) is 31.5 Å². The Kier molecular flexibility index (Phi) is 7.37. The molecule has 7 nitrogen and oxygen atoms in total. The number of nitrogens with one attached hydrogen (secondary N) is 1. The number of hydrogen-bond acceptors (Lipinski definition) is 5. The Bertz CT molecular complexity index is 914. The average molecular weight is 450 g/mol. The van der Waals surface area contributed by atoms with Gasteiger partial charge in [0.15, 0.2) is 0 Å². The molecular weight excluding hydrogens is 425 g/mol. The number of nitrogens with two attached hydrogens (primary N) is 1. The van der Waals surface area contributed by atoms with Gasteiger partial charge < -0.3 is 15.8 Å². The Morgan fingerprint density at radius 1 is 0.969 bits per heavy atom. The lowest BCUT2D eigenvalue weighted by molar-refractivity contribution is -0.274. The zero-order valence-corrected chi connectivity index (χ0v) is 17.5. The molecule has 3 N–H and O–H groups in total. The van der Waals surface area contributed by atoms with E-state index in [2.05, 4.69) is 10.1 Å². The van der Waals surface area contributed by atoms with Crippen molar-refractivity contribution < 1.29 is 27.5 Å². The molecular formula is C22H25F3N4O3. The van der Waals surface area contributed by atoms with Crippen LogP contribution in [0.5, 0.6) is 5.75 Å². The highest BCUT2D eigenvalue weighted by atomic mass is 19.4. The van der Waals surface area contributed by atoms with Gasteiger partial charge in [-0.05, 0) is 36.8 Å². The number of alkyl halides is 3. The fourth-order valence-electron chi connectivity index (χ4n) is 3.73. The van der Waals surface area contributed by atoms with Gasteiger partial charge in [-0.25, -0.2) is 0 Å². The number of rotatable bonds is 7. The van der Waals surface area contributed by atoms with Gasteiger partial charge in [-0.1, -0.05) is 30.3 Å². The van der Waals surface area contributed by atoms with E-state index in [0.29, 0.717) is 31.9 Å². The summed E-state index contributed by atoms with van der Waals surface area (Å²) in [6, 6.07) is 13.3. The third-order valence-electron chi connectivity index (χ3n) is 5.38. The van der Waals surface area contributed by atoms with E-state index in [-0.39, 0.29) is 11.7 Å². The van der Waals surface area contributed by atoms with E-state index < -0.39 is 24.4 Å². The Hall–Kier alpha value is -3.11. The minimum absolute atomic E-state index is 0.280. The summed E-state index contributed by atoms with van der Waals surface area (Å²) in [7, 11) is 0. The number of nitrogens with zero attached hydrogens (tertiary/aromatic N) is 2. The Labute approximate surface area is 183 Å². The number of anilines is 1. The van der Waals surface area contributed by atoms with Gasteiger partial charge in [-0.3, -0.25) is 19.4 Å². The molecule has 1 aliphatic rings. The SMILES string of the molecule is CC(C(=O)Nc1ccc(OC(F)(F)F)cc1)N1CCN(C(C(N)=O)c2ccccc2)CC1. The molecule has 32 heavy (non-hydrogen) atoms. The molecule has 0 saturated carbocycles. The number of halogens is 3. The lowest BCUT2D eigenvalue weighted by atomic mass is 10.0. The summed E-state index contributed by atoms with van der Waals surface area (Å²) >= 11 is 0. The molecule has 2 atom stereocenters. The minimum atomic E-state index is -4.77. The number of carbonyl (C=O) groups is 2. The van der Waals surface area contributed by atoms with E-state index in [9.17, 15) is 22.8 Å². The van der Waals surface area contributed by atoms with E-state index in [1.807, 2.05) is 40.1 Å². The minimum Gasteiger partial charge on any atom is -0.406 e. The summed E-state index contributed by atoms with van der Waals surface area (Å²) in [5.41, 5.74) is 6.84. The molecule has 1 fully saturated rings. The van der Waals surface area contributed by atoms with Crippen LogP contribution < -0.4 is 15.8 Å². The summed E-state index contributed by atoms with van der Waals surface area (Å²) in [6.07, 6.45) is -4.77. The smallest absolute Gasteiger partial charge is 0.406 e. The van der Waals surface area contributed by atoms with Crippen LogP contribution in [-0.2, 0) is 9.59 Å². The van der Waals surface area contributed by atoms with Crippen molar-refractivity contribution in [3.05, 3.63) is 60.2 Å². The lowest BCUT2D eigenvalue weighted by Gasteiger charge is -2.40. The fraction of sp³-hybridized carbons (Fsp3) is 0.364. The predicted octanol–water partition coefficient (Wildman–Crippen LogP) is 2.76. The zero-order chi connectivity index (χ0) is 23.3. The molecule has 0 radical (unpaired) electrons. The second-order valence-electron chi connectivity index (χ2n) is 7.52. The monoisotopic (exact) mass is 450 g/mol. The number of hydrogen-bond donors (Lipinski definition) is 2. The van der Waals surface area contributed by atoms with Gasteiger partial charge >= 0.3 is 6.36 Å². The van der Waals surface area contributed by atoms with Gasteiger partial charge in [-0.2, -0.15) is 0 Å². The van der Waals surface area contributed by atoms with E-state index >= 15 is 0 Å². The molecule has 172 valence electrons. The van der Waals surface area contributed by atoms with Gasteiger partial charge in [0.25, 0.3) is 0 Å². The molecule has 2 aromatic rings. The van der Waals surface area contributed by atoms with Crippen LogP contribution in [0.4, 0.5) is 18.9 Å². The normalized spacial score (nSPS) is 17.4. The van der Waals surface area contributed by atoms with Gasteiger partial charge in [0.1, 0.15) is 11.8 Å². The van der Waals surface area contributed by atoms with E-state index in [1.165, 1.54) is 12.1 Å². The van der Waals surface area contributed by atoms with Crippen molar-refractivity contribution in [3.8, 4) is 5.75 Å². The molecule has 0 aromatic heterocycles. The summed E-state index contributed by atoms with van der Waals surface area (Å²) in [6.45, 7) is 4.00. The molecule has 3 rings (SSSR count). The number of primary amides is 1. The van der Waals surface area contributed by atoms with Crippen molar-refractivity contribution in [1.29, 1.82) is 0 Å². The van der Waals surface area contributed by atoms with Crippen LogP contribution in [0.15, 0.2) is 54.6 Å². The zero-order valence-electron chi connectivity index (χ0n) is 17.5. The second kappa shape index (κ2) is 10.0. The van der Waals surface area contributed by atoms with E-state index in [4.69, 9.17) is 5.73 Å². The standard InChI is InChI=1S/C22H25F3N4O3/c1-15(21(31)27-17-7-9-18(10-8-17)32-22(23,24)25)28-11-13-29(14-12-28)19(20(26)30)16-5-3-2-4-6-16/h2-10,15,19H,11-14H2,1H3,(H2,26,30)(H,27,31). The fourth-order valence-corrected chi connectivity index (χ4v) is 3.73. The lowest BCUT2D eigenvalue weighted by Crippen LogP contribution is -2.54. The highest BCUT2D eigenvalue weighted by Crippen LogP contribution is 2.25. The van der Waals surface area contributed by atoms with Crippen molar-refractivity contribution in [1.82, 2.24) is 9.80 Å². The third-order valence-corrected chi connectivity index (χ3v) is 5.38. The molecule has 0 bridgehead atoms. The number of benzene rings is 2.